The smallest absolute Gasteiger partial charge is 0.319 e. The molecule has 2 aromatic rings. The van der Waals surface area contributed by atoms with Crippen LogP contribution in [0.1, 0.15) is 9.67 Å². The minimum absolute atomic E-state index is 0.110. The molecule has 2 N–H and O–H groups in total. The maximum absolute atomic E-state index is 12.3. The molecule has 7 nitrogen and oxygen atoms in total. The lowest BCUT2D eigenvalue weighted by Crippen LogP contribution is -2.50. The van der Waals surface area contributed by atoms with Crippen LogP contribution in [0.2, 0.25) is 0 Å². The van der Waals surface area contributed by atoms with Crippen LogP contribution in [-0.4, -0.2) is 68.1 Å². The van der Waals surface area contributed by atoms with Crippen molar-refractivity contribution < 1.29 is 14.3 Å². The molecule has 0 bridgehead atoms. The van der Waals surface area contributed by atoms with Crippen LogP contribution in [0.5, 0.6) is 5.75 Å². The van der Waals surface area contributed by atoms with E-state index in [4.69, 9.17) is 4.74 Å². The Morgan fingerprint density at radius 1 is 1.11 bits per heavy atom. The number of anilines is 1. The van der Waals surface area contributed by atoms with Gasteiger partial charge in [-0.15, -0.1) is 11.3 Å². The molecule has 0 spiro atoms. The van der Waals surface area contributed by atoms with E-state index in [-0.39, 0.29) is 11.9 Å². The molecule has 1 aromatic carbocycles. The number of hydrogen-bond acceptors (Lipinski definition) is 5. The predicted octanol–water partition coefficient (Wildman–Crippen LogP) is 2.34. The van der Waals surface area contributed by atoms with Gasteiger partial charge in [0.15, 0.2) is 0 Å². The third-order valence-corrected chi connectivity index (χ3v) is 5.32. The molecule has 1 aromatic heterocycles. The summed E-state index contributed by atoms with van der Waals surface area (Å²) in [4.78, 5) is 29.3. The number of para-hydroxylation sites is 2. The van der Waals surface area contributed by atoms with E-state index in [0.717, 1.165) is 24.5 Å². The molecule has 27 heavy (non-hydrogen) atoms. The monoisotopic (exact) mass is 388 g/mol. The average molecular weight is 388 g/mol. The molecule has 8 heteroatoms. The fourth-order valence-corrected chi connectivity index (χ4v) is 3.66. The molecule has 3 amide bonds. The van der Waals surface area contributed by atoms with Crippen molar-refractivity contribution in [3.05, 3.63) is 46.7 Å². The number of ether oxygens (including phenoxy) is 1. The molecule has 1 aliphatic rings. The maximum atomic E-state index is 12.3. The van der Waals surface area contributed by atoms with Gasteiger partial charge in [-0.25, -0.2) is 4.79 Å². The number of thiophene rings is 1. The Labute approximate surface area is 162 Å². The van der Waals surface area contributed by atoms with Crippen molar-refractivity contribution in [2.45, 2.75) is 0 Å². The normalized spacial score (nSPS) is 14.6. The van der Waals surface area contributed by atoms with Crippen LogP contribution in [0.4, 0.5) is 10.5 Å². The van der Waals surface area contributed by atoms with Crippen molar-refractivity contribution in [1.82, 2.24) is 15.1 Å². The van der Waals surface area contributed by atoms with Crippen molar-refractivity contribution in [3.8, 4) is 5.75 Å². The summed E-state index contributed by atoms with van der Waals surface area (Å²) >= 11 is 1.48. The molecule has 1 saturated heterocycles. The first-order valence-electron chi connectivity index (χ1n) is 8.90. The Bertz CT molecular complexity index is 758. The van der Waals surface area contributed by atoms with Gasteiger partial charge in [-0.3, -0.25) is 9.69 Å². The van der Waals surface area contributed by atoms with Gasteiger partial charge in [-0.1, -0.05) is 18.2 Å². The number of nitrogens with one attached hydrogen (secondary N) is 2. The van der Waals surface area contributed by atoms with E-state index in [0.29, 0.717) is 31.1 Å². The second kappa shape index (κ2) is 9.38. The van der Waals surface area contributed by atoms with E-state index in [9.17, 15) is 9.59 Å². The quantitative estimate of drug-likeness (QED) is 0.797. The number of nitrogens with zero attached hydrogens (tertiary/aromatic N) is 2. The molecule has 3 rings (SSSR count). The fraction of sp³-hybridized carbons (Fsp3) is 0.368. The van der Waals surface area contributed by atoms with Crippen LogP contribution >= 0.6 is 11.3 Å². The summed E-state index contributed by atoms with van der Waals surface area (Å²) in [5.41, 5.74) is 0.637. The van der Waals surface area contributed by atoms with Gasteiger partial charge in [-0.2, -0.15) is 0 Å². The summed E-state index contributed by atoms with van der Waals surface area (Å²) in [6, 6.07) is 10.8. The first-order chi connectivity index (χ1) is 13.2. The van der Waals surface area contributed by atoms with Crippen molar-refractivity contribution in [1.29, 1.82) is 0 Å². The van der Waals surface area contributed by atoms with Gasteiger partial charge in [0.2, 0.25) is 0 Å². The number of rotatable bonds is 6. The zero-order valence-electron chi connectivity index (χ0n) is 15.3. The molecule has 144 valence electrons. The number of piperazine rings is 1. The third-order valence-electron chi connectivity index (χ3n) is 4.46. The lowest BCUT2D eigenvalue weighted by Gasteiger charge is -2.34. The van der Waals surface area contributed by atoms with E-state index < -0.39 is 0 Å². The van der Waals surface area contributed by atoms with Gasteiger partial charge in [0.25, 0.3) is 5.91 Å². The van der Waals surface area contributed by atoms with E-state index in [1.165, 1.54) is 11.3 Å². The Morgan fingerprint density at radius 3 is 2.59 bits per heavy atom. The van der Waals surface area contributed by atoms with Crippen LogP contribution in [0.25, 0.3) is 0 Å². The number of amides is 3. The highest BCUT2D eigenvalue weighted by Crippen LogP contribution is 2.22. The van der Waals surface area contributed by atoms with Gasteiger partial charge in [0, 0.05) is 39.3 Å². The lowest BCUT2D eigenvalue weighted by molar-refractivity contribution is 0.0644. The largest absolute Gasteiger partial charge is 0.495 e. The molecule has 0 saturated carbocycles. The molecular formula is C19H24N4O3S. The number of methoxy groups -OCH3 is 1. The second-order valence-electron chi connectivity index (χ2n) is 6.19. The summed E-state index contributed by atoms with van der Waals surface area (Å²) in [6.45, 7) is 4.34. The van der Waals surface area contributed by atoms with Crippen molar-refractivity contribution in [2.75, 3.05) is 51.7 Å². The van der Waals surface area contributed by atoms with E-state index in [1.807, 2.05) is 34.5 Å². The summed E-state index contributed by atoms with van der Waals surface area (Å²) in [5.74, 6) is 0.734. The minimum Gasteiger partial charge on any atom is -0.495 e. The van der Waals surface area contributed by atoms with Crippen LogP contribution < -0.4 is 15.4 Å². The molecule has 0 radical (unpaired) electrons. The third kappa shape index (κ3) is 5.21. The topological polar surface area (TPSA) is 73.9 Å². The average Bonchev–Trinajstić information content (AvgIpc) is 3.23. The Hall–Kier alpha value is -2.58. The van der Waals surface area contributed by atoms with Crippen molar-refractivity contribution in [2.24, 2.45) is 0 Å². The Kier molecular flexibility index (Phi) is 6.67. The summed E-state index contributed by atoms with van der Waals surface area (Å²) in [6.07, 6.45) is 0. The summed E-state index contributed by atoms with van der Waals surface area (Å²) in [7, 11) is 1.57. The first kappa shape index (κ1) is 19.2. The van der Waals surface area contributed by atoms with E-state index >= 15 is 0 Å². The Morgan fingerprint density at radius 2 is 1.89 bits per heavy atom. The lowest BCUT2D eigenvalue weighted by atomic mass is 10.3. The van der Waals surface area contributed by atoms with Crippen LogP contribution in [-0.2, 0) is 0 Å². The maximum Gasteiger partial charge on any atom is 0.319 e. The fourth-order valence-electron chi connectivity index (χ4n) is 2.97. The highest BCUT2D eigenvalue weighted by molar-refractivity contribution is 7.12. The number of urea groups is 1. The first-order valence-corrected chi connectivity index (χ1v) is 9.78. The van der Waals surface area contributed by atoms with Gasteiger partial charge < -0.3 is 20.3 Å². The highest BCUT2D eigenvalue weighted by Gasteiger charge is 2.22. The van der Waals surface area contributed by atoms with Crippen LogP contribution in [0.3, 0.4) is 0 Å². The molecule has 1 fully saturated rings. The summed E-state index contributed by atoms with van der Waals surface area (Å²) in [5, 5.41) is 7.57. The summed E-state index contributed by atoms with van der Waals surface area (Å²) < 4.78 is 5.22. The van der Waals surface area contributed by atoms with Gasteiger partial charge in [0.05, 0.1) is 17.7 Å². The minimum atomic E-state index is -0.258. The molecule has 0 unspecified atom stereocenters. The molecular weight excluding hydrogens is 364 g/mol. The predicted molar refractivity (Wildman–Crippen MR) is 107 cm³/mol. The molecule has 0 aliphatic carbocycles. The zero-order valence-corrected chi connectivity index (χ0v) is 16.1. The van der Waals surface area contributed by atoms with Gasteiger partial charge >= 0.3 is 6.03 Å². The van der Waals surface area contributed by atoms with Crippen LogP contribution in [0, 0.1) is 0 Å². The molecule has 0 atom stereocenters. The second-order valence-corrected chi connectivity index (χ2v) is 7.14. The van der Waals surface area contributed by atoms with E-state index in [1.54, 1.807) is 19.2 Å². The number of benzene rings is 1. The van der Waals surface area contributed by atoms with Crippen molar-refractivity contribution >= 4 is 29.0 Å². The van der Waals surface area contributed by atoms with Gasteiger partial charge in [0.1, 0.15) is 5.75 Å². The molecule has 2 heterocycles. The number of carbonyl (C=O) groups excluding carboxylic acids is 2. The Balaban J connectivity index is 1.36. The number of carbonyl (C=O) groups is 2. The standard InChI is InChI=1S/C19H24N4O3S/c1-26-16-6-3-2-5-15(16)21-19(25)20-8-9-22-10-12-23(13-11-22)18(24)17-7-4-14-27-17/h2-7,14H,8-13H2,1H3,(H2,20,21,25). The van der Waals surface area contributed by atoms with Gasteiger partial charge in [-0.05, 0) is 23.6 Å². The number of hydrogen-bond donors (Lipinski definition) is 2. The van der Waals surface area contributed by atoms with Crippen LogP contribution in [0.15, 0.2) is 41.8 Å². The highest BCUT2D eigenvalue weighted by atomic mass is 32.1. The molecule has 1 aliphatic heterocycles. The van der Waals surface area contributed by atoms with Crippen molar-refractivity contribution in [3.63, 3.8) is 0 Å². The van der Waals surface area contributed by atoms with E-state index in [2.05, 4.69) is 15.5 Å². The SMILES string of the molecule is COc1ccccc1NC(=O)NCCN1CCN(C(=O)c2cccs2)CC1. The zero-order chi connectivity index (χ0) is 19.1.